The highest BCUT2D eigenvalue weighted by molar-refractivity contribution is 5.06. The minimum atomic E-state index is -1.61. The maximum atomic E-state index is 11.6. The Hall–Kier alpha value is -1.06. The zero-order valence-corrected chi connectivity index (χ0v) is 26.5. The summed E-state index contributed by atoms with van der Waals surface area (Å²) in [4.78, 5) is 0. The van der Waals surface area contributed by atoms with Crippen LogP contribution >= 0.6 is 0 Å². The second kappa shape index (κ2) is 18.4. The van der Waals surface area contributed by atoms with E-state index in [-0.39, 0.29) is 19.6 Å². The first kappa shape index (κ1) is 39.7. The SMILES string of the molecule is NC[C@@H]1O[C@H](O[C@H]2[C@@H](O)[C@H](O[C@@H]3[C@@H](O)[C@H](NC(CO)CO)C[C@H](N)[C@H]3O[C@H]3O[C@H](CNCCO)C=C[C@H]3N)O[C@@H]2CO)[C@H](N)[C@@H](O)[C@@H]1O. The number of ether oxygens (including phenoxy) is 6. The fraction of sp³-hybridized carbons (Fsp3) is 0.929. The van der Waals surface area contributed by atoms with Crippen LogP contribution in [0.2, 0.25) is 0 Å². The smallest absolute Gasteiger partial charge is 0.187 e. The van der Waals surface area contributed by atoms with Crippen LogP contribution in [-0.2, 0) is 28.4 Å². The lowest BCUT2D eigenvalue weighted by Gasteiger charge is -2.46. The van der Waals surface area contributed by atoms with Crippen LogP contribution in [-0.4, -0.2) is 197 Å². The third-order valence-corrected chi connectivity index (χ3v) is 9.04. The van der Waals surface area contributed by atoms with Gasteiger partial charge in [0.2, 0.25) is 0 Å². The van der Waals surface area contributed by atoms with Crippen molar-refractivity contribution in [3.63, 3.8) is 0 Å². The molecule has 18 N–H and O–H groups in total. The van der Waals surface area contributed by atoms with Crippen molar-refractivity contribution in [3.05, 3.63) is 12.2 Å². The Balaban J connectivity index is 1.53. The molecule has 48 heavy (non-hydrogen) atoms. The summed E-state index contributed by atoms with van der Waals surface area (Å²) < 4.78 is 35.7. The van der Waals surface area contributed by atoms with Crippen LogP contribution in [0, 0.1) is 0 Å². The third kappa shape index (κ3) is 9.23. The van der Waals surface area contributed by atoms with Gasteiger partial charge in [0.1, 0.15) is 48.8 Å². The van der Waals surface area contributed by atoms with Gasteiger partial charge >= 0.3 is 0 Å². The van der Waals surface area contributed by atoms with Gasteiger partial charge in [0.15, 0.2) is 18.9 Å². The van der Waals surface area contributed by atoms with E-state index in [2.05, 4.69) is 10.6 Å². The van der Waals surface area contributed by atoms with E-state index < -0.39 is 130 Å². The average molecular weight is 699 g/mol. The van der Waals surface area contributed by atoms with Crippen LogP contribution in [0.4, 0.5) is 0 Å². The molecule has 20 heteroatoms. The summed E-state index contributed by atoms with van der Waals surface area (Å²) in [7, 11) is 0. The van der Waals surface area contributed by atoms with Gasteiger partial charge in [-0.3, -0.25) is 0 Å². The summed E-state index contributed by atoms with van der Waals surface area (Å²) in [5.74, 6) is 0. The van der Waals surface area contributed by atoms with Crippen LogP contribution in [0.25, 0.3) is 0 Å². The van der Waals surface area contributed by atoms with Crippen molar-refractivity contribution in [2.24, 2.45) is 22.9 Å². The molecular formula is C28H54N6O14. The van der Waals surface area contributed by atoms with Crippen molar-refractivity contribution in [1.29, 1.82) is 0 Å². The normalized spacial score (nSPS) is 45.2. The van der Waals surface area contributed by atoms with Gasteiger partial charge < -0.3 is 103 Å². The largest absolute Gasteiger partial charge is 0.395 e. The predicted octanol–water partition coefficient (Wildman–Crippen LogP) is -8.45. The minimum absolute atomic E-state index is 0.0652. The van der Waals surface area contributed by atoms with E-state index >= 15 is 0 Å². The highest BCUT2D eigenvalue weighted by atomic mass is 16.8. The summed E-state index contributed by atoms with van der Waals surface area (Å²) in [6.45, 7) is -1.07. The predicted molar refractivity (Wildman–Crippen MR) is 163 cm³/mol. The first-order valence-corrected chi connectivity index (χ1v) is 16.2. The molecule has 1 aliphatic carbocycles. The van der Waals surface area contributed by atoms with Gasteiger partial charge in [0.05, 0.1) is 56.8 Å². The topological polar surface area (TPSA) is 345 Å². The van der Waals surface area contributed by atoms with Gasteiger partial charge in [-0.05, 0) is 6.42 Å². The second-order valence-electron chi connectivity index (χ2n) is 12.5. The molecular weight excluding hydrogens is 644 g/mol. The molecule has 20 nitrogen and oxygen atoms in total. The molecule has 4 aliphatic rings. The lowest BCUT2D eigenvalue weighted by Crippen LogP contribution is -2.67. The van der Waals surface area contributed by atoms with E-state index in [1.165, 1.54) is 0 Å². The molecule has 3 fully saturated rings. The number of rotatable bonds is 16. The van der Waals surface area contributed by atoms with Crippen LogP contribution in [0.3, 0.4) is 0 Å². The van der Waals surface area contributed by atoms with Gasteiger partial charge in [0.25, 0.3) is 0 Å². The summed E-state index contributed by atoms with van der Waals surface area (Å²) in [6.07, 6.45) is -12.7. The zero-order valence-electron chi connectivity index (χ0n) is 26.5. The Bertz CT molecular complexity index is 989. The van der Waals surface area contributed by atoms with Crippen LogP contribution in [0.1, 0.15) is 6.42 Å². The van der Waals surface area contributed by atoms with Crippen molar-refractivity contribution in [3.8, 4) is 0 Å². The Morgan fingerprint density at radius 3 is 2.06 bits per heavy atom. The molecule has 3 heterocycles. The Morgan fingerprint density at radius 2 is 1.42 bits per heavy atom. The van der Waals surface area contributed by atoms with E-state index in [9.17, 15) is 35.7 Å². The standard InChI is InChI=1S/C28H54N6O14/c29-6-16-20(40)21(41)18(32)27(44-16)47-24-17(10-38)45-28(22(24)42)48-25-19(39)15(34-11(8-36)9-37)5-14(31)23(25)46-26-13(30)2-1-12(43-26)7-33-3-4-35/h1-2,11-28,33-42H,3-10,29-32H2/t12-,13+,14-,15+,16-,17+,18+,19-,20+,21+,22+,23+,24+,25+,26+,27+,28-/m0/s1. The molecule has 4 rings (SSSR count). The molecule has 0 amide bonds. The third-order valence-electron chi connectivity index (χ3n) is 9.04. The quantitative estimate of drug-likeness (QED) is 0.0525. The van der Waals surface area contributed by atoms with Crippen LogP contribution < -0.4 is 33.6 Å². The molecule has 17 atom stereocenters. The van der Waals surface area contributed by atoms with E-state index in [4.69, 9.17) is 56.5 Å². The molecule has 0 aromatic carbocycles. The van der Waals surface area contributed by atoms with Crippen molar-refractivity contribution in [2.75, 3.05) is 46.1 Å². The number of nitrogens with two attached hydrogens (primary N) is 4. The highest BCUT2D eigenvalue weighted by Crippen LogP contribution is 2.34. The second-order valence-corrected chi connectivity index (χ2v) is 12.5. The molecule has 3 aliphatic heterocycles. The number of nitrogens with one attached hydrogen (secondary N) is 2. The summed E-state index contributed by atoms with van der Waals surface area (Å²) in [5.41, 5.74) is 24.5. The van der Waals surface area contributed by atoms with Crippen molar-refractivity contribution < 1.29 is 69.3 Å². The first-order valence-electron chi connectivity index (χ1n) is 16.2. The maximum Gasteiger partial charge on any atom is 0.187 e. The van der Waals surface area contributed by atoms with E-state index in [1.54, 1.807) is 12.2 Å². The lowest BCUT2D eigenvalue weighted by atomic mass is 9.83. The molecule has 0 bridgehead atoms. The van der Waals surface area contributed by atoms with Gasteiger partial charge in [-0.25, -0.2) is 0 Å². The molecule has 0 spiro atoms. The first-order chi connectivity index (χ1) is 23.0. The van der Waals surface area contributed by atoms with E-state index in [0.717, 1.165) is 0 Å². The average Bonchev–Trinajstić information content (AvgIpc) is 3.38. The molecule has 0 unspecified atom stereocenters. The number of hydrogen-bond donors (Lipinski definition) is 14. The summed E-state index contributed by atoms with van der Waals surface area (Å²) >= 11 is 0. The Labute approximate surface area is 277 Å². The highest BCUT2D eigenvalue weighted by Gasteiger charge is 2.54. The minimum Gasteiger partial charge on any atom is -0.395 e. The molecule has 0 aromatic heterocycles. The number of aliphatic hydroxyl groups excluding tert-OH is 8. The molecule has 280 valence electrons. The van der Waals surface area contributed by atoms with Crippen LogP contribution in [0.15, 0.2) is 12.2 Å². The molecule has 1 saturated carbocycles. The van der Waals surface area contributed by atoms with E-state index in [1.807, 2.05) is 0 Å². The van der Waals surface area contributed by atoms with Crippen molar-refractivity contribution in [1.82, 2.24) is 10.6 Å². The van der Waals surface area contributed by atoms with Gasteiger partial charge in [0, 0.05) is 31.7 Å². The van der Waals surface area contributed by atoms with Gasteiger partial charge in [-0.1, -0.05) is 12.2 Å². The van der Waals surface area contributed by atoms with Crippen molar-refractivity contribution in [2.45, 2.75) is 117 Å². The summed E-state index contributed by atoms with van der Waals surface area (Å²) in [5, 5.41) is 87.9. The zero-order chi connectivity index (χ0) is 35.1. The molecule has 0 radical (unpaired) electrons. The number of hydrogen-bond acceptors (Lipinski definition) is 20. The Kier molecular flexibility index (Phi) is 15.3. The van der Waals surface area contributed by atoms with E-state index in [0.29, 0.717) is 13.1 Å². The fourth-order valence-corrected chi connectivity index (χ4v) is 6.28. The van der Waals surface area contributed by atoms with Crippen molar-refractivity contribution >= 4 is 0 Å². The molecule has 2 saturated heterocycles. The lowest BCUT2D eigenvalue weighted by molar-refractivity contribution is -0.284. The Morgan fingerprint density at radius 1 is 0.750 bits per heavy atom. The monoisotopic (exact) mass is 698 g/mol. The van der Waals surface area contributed by atoms with Crippen LogP contribution in [0.5, 0.6) is 0 Å². The van der Waals surface area contributed by atoms with Gasteiger partial charge in [-0.2, -0.15) is 0 Å². The molecule has 0 aromatic rings. The number of aliphatic hydroxyl groups is 8. The summed E-state index contributed by atoms with van der Waals surface area (Å²) in [6, 6.07) is -4.43. The maximum absolute atomic E-state index is 11.6. The fourth-order valence-electron chi connectivity index (χ4n) is 6.28. The van der Waals surface area contributed by atoms with Gasteiger partial charge in [-0.15, -0.1) is 0 Å².